The van der Waals surface area contributed by atoms with Gasteiger partial charge in [0.25, 0.3) is 0 Å². The molecule has 2 heterocycles. The minimum Gasteiger partial charge on any atom is -0.355 e. The first-order valence-corrected chi connectivity index (χ1v) is 10.6. The van der Waals surface area contributed by atoms with Crippen LogP contribution in [0.15, 0.2) is 0 Å². The molecule has 7 heteroatoms. The van der Waals surface area contributed by atoms with Crippen molar-refractivity contribution < 1.29 is 14.4 Å². The van der Waals surface area contributed by atoms with Crippen LogP contribution < -0.4 is 11.1 Å². The zero-order valence-corrected chi connectivity index (χ0v) is 16.5. The number of rotatable bonds is 5. The fourth-order valence-electron chi connectivity index (χ4n) is 4.79. The largest absolute Gasteiger partial charge is 0.355 e. The van der Waals surface area contributed by atoms with Gasteiger partial charge in [0.05, 0.1) is 11.8 Å². The molecule has 2 unspecified atom stereocenters. The van der Waals surface area contributed by atoms with E-state index in [0.29, 0.717) is 45.2 Å². The molecule has 3 fully saturated rings. The van der Waals surface area contributed by atoms with Crippen LogP contribution in [0.5, 0.6) is 0 Å². The zero-order valence-electron chi connectivity index (χ0n) is 16.5. The van der Waals surface area contributed by atoms with Crippen LogP contribution in [0.2, 0.25) is 0 Å². The highest BCUT2D eigenvalue weighted by Gasteiger charge is 2.41. The second kappa shape index (κ2) is 9.04. The molecule has 0 radical (unpaired) electrons. The summed E-state index contributed by atoms with van der Waals surface area (Å²) in [7, 11) is 0. The van der Waals surface area contributed by atoms with E-state index in [-0.39, 0.29) is 29.6 Å². The van der Waals surface area contributed by atoms with Crippen LogP contribution in [-0.2, 0) is 14.4 Å². The zero-order chi connectivity index (χ0) is 19.4. The van der Waals surface area contributed by atoms with Crippen LogP contribution in [0.3, 0.4) is 0 Å². The maximum Gasteiger partial charge on any atom is 0.228 e. The first-order chi connectivity index (χ1) is 13.0. The van der Waals surface area contributed by atoms with Crippen LogP contribution in [0.25, 0.3) is 0 Å². The van der Waals surface area contributed by atoms with Gasteiger partial charge in [-0.25, -0.2) is 0 Å². The van der Waals surface area contributed by atoms with Gasteiger partial charge in [0.2, 0.25) is 17.7 Å². The molecule has 152 valence electrons. The lowest BCUT2D eigenvalue weighted by Crippen LogP contribution is -2.48. The van der Waals surface area contributed by atoms with Gasteiger partial charge >= 0.3 is 0 Å². The summed E-state index contributed by atoms with van der Waals surface area (Å²) in [4.78, 5) is 41.5. The second-order valence-electron chi connectivity index (χ2n) is 8.56. The summed E-state index contributed by atoms with van der Waals surface area (Å²) in [5, 5.41) is 2.83. The van der Waals surface area contributed by atoms with Gasteiger partial charge in [-0.15, -0.1) is 0 Å². The fraction of sp³-hybridized carbons (Fsp3) is 0.850. The number of carbonyl (C=O) groups excluding carboxylic acids is 3. The lowest BCUT2D eigenvalue weighted by Gasteiger charge is -2.35. The molecule has 7 nitrogen and oxygen atoms in total. The van der Waals surface area contributed by atoms with Gasteiger partial charge in [0.1, 0.15) is 0 Å². The van der Waals surface area contributed by atoms with Gasteiger partial charge in [-0.2, -0.15) is 0 Å². The third-order valence-corrected chi connectivity index (χ3v) is 6.48. The lowest BCUT2D eigenvalue weighted by atomic mass is 9.86. The Morgan fingerprint density at radius 3 is 2.56 bits per heavy atom. The van der Waals surface area contributed by atoms with Crippen molar-refractivity contribution in [3.05, 3.63) is 0 Å². The molecule has 27 heavy (non-hydrogen) atoms. The third kappa shape index (κ3) is 4.81. The highest BCUT2D eigenvalue weighted by Crippen LogP contribution is 2.32. The standard InChI is InChI=1S/C20H34N4O3/c1-14-4-6-17(7-5-14)24-13-16(11-18(24)25)20(27)23-10-2-3-15(12-23)19(26)22-9-8-21/h14-17H,2-13,21H2,1H3,(H,22,26). The fourth-order valence-corrected chi connectivity index (χ4v) is 4.79. The molecule has 1 aliphatic carbocycles. The van der Waals surface area contributed by atoms with Crippen molar-refractivity contribution >= 4 is 17.7 Å². The van der Waals surface area contributed by atoms with Gasteiger partial charge in [-0.3, -0.25) is 14.4 Å². The van der Waals surface area contributed by atoms with Crippen molar-refractivity contribution in [3.8, 4) is 0 Å². The SMILES string of the molecule is CC1CCC(N2CC(C(=O)N3CCCC(C(=O)NCCN)C3)CC2=O)CC1. The first kappa shape index (κ1) is 20.1. The highest BCUT2D eigenvalue weighted by molar-refractivity contribution is 5.90. The molecule has 0 aromatic rings. The number of nitrogens with two attached hydrogens (primary N) is 1. The maximum atomic E-state index is 13.0. The van der Waals surface area contributed by atoms with Crippen LogP contribution in [0, 0.1) is 17.8 Å². The summed E-state index contributed by atoms with van der Waals surface area (Å²) in [6.07, 6.45) is 6.40. The summed E-state index contributed by atoms with van der Waals surface area (Å²) in [5.41, 5.74) is 5.44. The Labute approximate surface area is 162 Å². The maximum absolute atomic E-state index is 13.0. The highest BCUT2D eigenvalue weighted by atomic mass is 16.2. The van der Waals surface area contributed by atoms with Gasteiger partial charge in [0, 0.05) is 45.2 Å². The van der Waals surface area contributed by atoms with Gasteiger partial charge < -0.3 is 20.9 Å². The summed E-state index contributed by atoms with van der Waals surface area (Å²) < 4.78 is 0. The Morgan fingerprint density at radius 2 is 1.85 bits per heavy atom. The molecule has 3 rings (SSSR count). The van der Waals surface area contributed by atoms with Crippen molar-refractivity contribution in [2.75, 3.05) is 32.7 Å². The Morgan fingerprint density at radius 1 is 1.11 bits per heavy atom. The molecule has 3 aliphatic rings. The van der Waals surface area contributed by atoms with Crippen LogP contribution in [-0.4, -0.2) is 66.3 Å². The summed E-state index contributed by atoms with van der Waals surface area (Å²) in [6.45, 7) is 4.85. The normalized spacial score (nSPS) is 31.9. The van der Waals surface area contributed by atoms with Gasteiger partial charge in [-0.1, -0.05) is 6.92 Å². The number of hydrogen-bond acceptors (Lipinski definition) is 4. The minimum absolute atomic E-state index is 0.0154. The quantitative estimate of drug-likeness (QED) is 0.737. The number of carbonyl (C=O) groups is 3. The Kier molecular flexibility index (Phi) is 6.73. The molecule has 2 aliphatic heterocycles. The van der Waals surface area contributed by atoms with Crippen molar-refractivity contribution in [2.45, 2.75) is 57.9 Å². The van der Waals surface area contributed by atoms with E-state index < -0.39 is 0 Å². The van der Waals surface area contributed by atoms with Crippen molar-refractivity contribution in [1.82, 2.24) is 15.1 Å². The molecular weight excluding hydrogens is 344 g/mol. The van der Waals surface area contributed by atoms with Gasteiger partial charge in [0.15, 0.2) is 0 Å². The Balaban J connectivity index is 1.54. The molecule has 0 aromatic carbocycles. The monoisotopic (exact) mass is 378 g/mol. The average molecular weight is 379 g/mol. The average Bonchev–Trinajstić information content (AvgIpc) is 3.08. The number of nitrogens with one attached hydrogen (secondary N) is 1. The number of likely N-dealkylation sites (tertiary alicyclic amines) is 2. The van der Waals surface area contributed by atoms with Crippen LogP contribution >= 0.6 is 0 Å². The topological polar surface area (TPSA) is 95.7 Å². The van der Waals surface area contributed by atoms with E-state index in [2.05, 4.69) is 12.2 Å². The number of amides is 3. The third-order valence-electron chi connectivity index (χ3n) is 6.48. The van der Waals surface area contributed by atoms with Crippen molar-refractivity contribution in [1.29, 1.82) is 0 Å². The predicted octanol–water partition coefficient (Wildman–Crippen LogP) is 0.727. The molecule has 3 amide bonds. The lowest BCUT2D eigenvalue weighted by molar-refractivity contribution is -0.139. The van der Waals surface area contributed by atoms with Crippen LogP contribution in [0.4, 0.5) is 0 Å². The Bertz CT molecular complexity index is 559. The predicted molar refractivity (Wildman–Crippen MR) is 103 cm³/mol. The Hall–Kier alpha value is -1.63. The van der Waals surface area contributed by atoms with Gasteiger partial charge in [-0.05, 0) is 44.4 Å². The van der Waals surface area contributed by atoms with Crippen LogP contribution in [0.1, 0.15) is 51.9 Å². The second-order valence-corrected chi connectivity index (χ2v) is 8.56. The number of hydrogen-bond donors (Lipinski definition) is 2. The molecule has 1 saturated carbocycles. The van der Waals surface area contributed by atoms with E-state index in [9.17, 15) is 14.4 Å². The first-order valence-electron chi connectivity index (χ1n) is 10.6. The molecular formula is C20H34N4O3. The van der Waals surface area contributed by atoms with E-state index in [1.54, 1.807) is 4.90 Å². The van der Waals surface area contributed by atoms with E-state index in [1.807, 2.05) is 4.90 Å². The smallest absolute Gasteiger partial charge is 0.228 e. The summed E-state index contributed by atoms with van der Waals surface area (Å²) in [6, 6.07) is 0.308. The van der Waals surface area contributed by atoms with E-state index >= 15 is 0 Å². The molecule has 3 N–H and O–H groups in total. The molecule has 0 bridgehead atoms. The van der Waals surface area contributed by atoms with Crippen molar-refractivity contribution in [2.24, 2.45) is 23.5 Å². The molecule has 2 atom stereocenters. The van der Waals surface area contributed by atoms with E-state index in [1.165, 1.54) is 12.8 Å². The minimum atomic E-state index is -0.247. The number of piperidine rings is 1. The van der Waals surface area contributed by atoms with E-state index in [4.69, 9.17) is 5.73 Å². The summed E-state index contributed by atoms with van der Waals surface area (Å²) in [5.74, 6) is 0.490. The van der Waals surface area contributed by atoms with E-state index in [0.717, 1.165) is 31.6 Å². The van der Waals surface area contributed by atoms with Crippen molar-refractivity contribution in [3.63, 3.8) is 0 Å². The molecule has 0 spiro atoms. The summed E-state index contributed by atoms with van der Waals surface area (Å²) >= 11 is 0. The molecule has 2 saturated heterocycles. The number of nitrogens with zero attached hydrogens (tertiary/aromatic N) is 2. The molecule has 0 aromatic heterocycles.